The van der Waals surface area contributed by atoms with Gasteiger partial charge in [0.1, 0.15) is 0 Å². The van der Waals surface area contributed by atoms with Gasteiger partial charge in [0.2, 0.25) is 5.91 Å². The minimum Gasteiger partial charge on any atom is -0.397 e. The molecule has 0 fully saturated rings. The molecule has 0 heterocycles. The van der Waals surface area contributed by atoms with E-state index in [4.69, 9.17) is 11.1 Å². The number of nitrogens with two attached hydrogens (primary N) is 1. The van der Waals surface area contributed by atoms with Crippen molar-refractivity contribution in [1.29, 1.82) is 5.41 Å². The van der Waals surface area contributed by atoms with Gasteiger partial charge in [-0.2, -0.15) is 0 Å². The third-order valence-electron chi connectivity index (χ3n) is 3.48. The summed E-state index contributed by atoms with van der Waals surface area (Å²) in [6, 6.07) is 17.2. The highest BCUT2D eigenvalue weighted by Crippen LogP contribution is 2.16. The van der Waals surface area contributed by atoms with Crippen LogP contribution in [-0.2, 0) is 11.2 Å². The summed E-state index contributed by atoms with van der Waals surface area (Å²) in [7, 11) is 0. The third-order valence-corrected chi connectivity index (χ3v) is 3.48. The van der Waals surface area contributed by atoms with Crippen molar-refractivity contribution in [3.63, 3.8) is 0 Å². The maximum atomic E-state index is 11.9. The first-order valence-corrected chi connectivity index (χ1v) is 8.00. The van der Waals surface area contributed by atoms with Crippen molar-refractivity contribution in [2.75, 3.05) is 17.6 Å². The number of para-hydroxylation sites is 2. The fraction of sp³-hybridized carbons (Fsp3) is 0.100. The molecule has 0 saturated heterocycles. The molecule has 5 nitrogen and oxygen atoms in total. The molecule has 2 rings (SSSR count). The fourth-order valence-electron chi connectivity index (χ4n) is 2.15. The molecule has 0 aromatic heterocycles. The molecule has 0 aliphatic carbocycles. The zero-order valence-electron chi connectivity index (χ0n) is 13.9. The zero-order valence-corrected chi connectivity index (χ0v) is 13.9. The molecule has 0 spiro atoms. The molecular weight excluding hydrogens is 312 g/mol. The summed E-state index contributed by atoms with van der Waals surface area (Å²) in [5.41, 5.74) is 8.71. The number of carbonyl (C=O) groups is 1. The van der Waals surface area contributed by atoms with Crippen LogP contribution in [-0.4, -0.2) is 18.7 Å². The molecule has 0 atom stereocenters. The summed E-state index contributed by atoms with van der Waals surface area (Å²) in [5, 5.41) is 13.3. The lowest BCUT2D eigenvalue weighted by atomic mass is 10.1. The number of carbonyl (C=O) groups excluding carboxylic acids is 1. The number of hydrogen-bond donors (Lipinski definition) is 4. The number of nitrogens with one attached hydrogen (secondary N) is 3. The van der Waals surface area contributed by atoms with E-state index in [1.807, 2.05) is 18.2 Å². The van der Waals surface area contributed by atoms with Crippen LogP contribution >= 0.6 is 0 Å². The smallest absolute Gasteiger partial charge is 0.248 e. The van der Waals surface area contributed by atoms with Gasteiger partial charge in [-0.15, -0.1) is 0 Å². The molecule has 128 valence electrons. The van der Waals surface area contributed by atoms with E-state index < -0.39 is 0 Å². The largest absolute Gasteiger partial charge is 0.397 e. The van der Waals surface area contributed by atoms with Gasteiger partial charge in [0.05, 0.1) is 11.4 Å². The first-order valence-electron chi connectivity index (χ1n) is 8.00. The van der Waals surface area contributed by atoms with Crippen molar-refractivity contribution < 1.29 is 4.79 Å². The fourth-order valence-corrected chi connectivity index (χ4v) is 2.15. The Balaban J connectivity index is 1.83. The van der Waals surface area contributed by atoms with Crippen LogP contribution < -0.4 is 16.4 Å². The van der Waals surface area contributed by atoms with Gasteiger partial charge >= 0.3 is 0 Å². The number of anilines is 2. The second-order valence-corrected chi connectivity index (χ2v) is 5.39. The molecule has 2 aromatic carbocycles. The van der Waals surface area contributed by atoms with Gasteiger partial charge in [-0.25, -0.2) is 0 Å². The van der Waals surface area contributed by atoms with Gasteiger partial charge in [0.25, 0.3) is 0 Å². The molecular formula is C20H22N4O. The molecule has 5 N–H and O–H groups in total. The lowest BCUT2D eigenvalue weighted by Crippen LogP contribution is -2.11. The second-order valence-electron chi connectivity index (χ2n) is 5.39. The maximum Gasteiger partial charge on any atom is 0.248 e. The van der Waals surface area contributed by atoms with Crippen LogP contribution in [0.1, 0.15) is 5.56 Å². The molecule has 25 heavy (non-hydrogen) atoms. The van der Waals surface area contributed by atoms with Crippen LogP contribution in [0, 0.1) is 5.41 Å². The Morgan fingerprint density at radius 2 is 1.76 bits per heavy atom. The number of rotatable bonds is 8. The van der Waals surface area contributed by atoms with Crippen LogP contribution in [0.2, 0.25) is 0 Å². The highest BCUT2D eigenvalue weighted by molar-refractivity contribution is 6.02. The highest BCUT2D eigenvalue weighted by Gasteiger charge is 2.00. The van der Waals surface area contributed by atoms with E-state index in [1.54, 1.807) is 36.5 Å². The number of benzene rings is 2. The summed E-state index contributed by atoms with van der Waals surface area (Å²) in [5.74, 6) is -0.296. The topological polar surface area (TPSA) is 91.0 Å². The predicted octanol–water partition coefficient (Wildman–Crippen LogP) is 3.13. The highest BCUT2D eigenvalue weighted by atomic mass is 16.1. The van der Waals surface area contributed by atoms with E-state index in [0.717, 1.165) is 13.0 Å². The standard InChI is InChI=1S/C20H22N4O/c21-14-17(15-23-13-12-16-6-2-1-3-7-16)10-11-20(25)24-19-9-5-4-8-18(19)22/h1-11,14-15,21,23H,12-13,22H2,(H,24,25)/b11-10+,17-15-,21-14?. The summed E-state index contributed by atoms with van der Waals surface area (Å²) in [6.07, 6.45) is 6.76. The molecule has 0 aliphatic rings. The first-order chi connectivity index (χ1) is 12.2. The Morgan fingerprint density at radius 3 is 2.48 bits per heavy atom. The molecule has 5 heteroatoms. The van der Waals surface area contributed by atoms with Crippen LogP contribution in [0.4, 0.5) is 11.4 Å². The minimum absolute atomic E-state index is 0.296. The van der Waals surface area contributed by atoms with Crippen molar-refractivity contribution in [3.8, 4) is 0 Å². The Hall–Kier alpha value is -3.34. The molecule has 1 amide bonds. The van der Waals surface area contributed by atoms with E-state index >= 15 is 0 Å². The Kier molecular flexibility index (Phi) is 7.00. The third kappa shape index (κ3) is 6.35. The molecule has 0 aliphatic heterocycles. The summed E-state index contributed by atoms with van der Waals surface area (Å²) >= 11 is 0. The first kappa shape index (κ1) is 18.0. The van der Waals surface area contributed by atoms with Crippen LogP contribution in [0.3, 0.4) is 0 Å². The number of nitrogen functional groups attached to an aromatic ring is 1. The number of amides is 1. The lowest BCUT2D eigenvalue weighted by Gasteiger charge is -2.05. The van der Waals surface area contributed by atoms with Gasteiger partial charge in [-0.05, 0) is 30.2 Å². The van der Waals surface area contributed by atoms with E-state index in [-0.39, 0.29) is 5.91 Å². The monoisotopic (exact) mass is 334 g/mol. The number of hydrogen-bond acceptors (Lipinski definition) is 4. The van der Waals surface area contributed by atoms with Crippen molar-refractivity contribution in [2.24, 2.45) is 0 Å². The Bertz CT molecular complexity index is 766. The van der Waals surface area contributed by atoms with Crippen molar-refractivity contribution >= 4 is 23.5 Å². The van der Waals surface area contributed by atoms with Gasteiger partial charge in [0, 0.05) is 30.6 Å². The quantitative estimate of drug-likeness (QED) is 0.196. The Morgan fingerprint density at radius 1 is 1.04 bits per heavy atom. The maximum absolute atomic E-state index is 11.9. The van der Waals surface area contributed by atoms with Crippen molar-refractivity contribution in [2.45, 2.75) is 6.42 Å². The average Bonchev–Trinajstić information content (AvgIpc) is 2.64. The molecule has 0 unspecified atom stereocenters. The predicted molar refractivity (Wildman–Crippen MR) is 104 cm³/mol. The van der Waals surface area contributed by atoms with Crippen molar-refractivity contribution in [3.05, 3.63) is 84.1 Å². The van der Waals surface area contributed by atoms with E-state index in [1.165, 1.54) is 17.9 Å². The molecule has 2 aromatic rings. The van der Waals surface area contributed by atoms with Gasteiger partial charge in [-0.3, -0.25) is 4.79 Å². The second kappa shape index (κ2) is 9.72. The SMILES string of the molecule is N=CC(=C\NCCc1ccccc1)/C=C/C(=O)Nc1ccccc1N. The van der Waals surface area contributed by atoms with Crippen LogP contribution in [0.5, 0.6) is 0 Å². The summed E-state index contributed by atoms with van der Waals surface area (Å²) < 4.78 is 0. The zero-order chi connectivity index (χ0) is 17.9. The van der Waals surface area contributed by atoms with Crippen molar-refractivity contribution in [1.82, 2.24) is 5.32 Å². The Labute approximate surface area is 147 Å². The summed E-state index contributed by atoms with van der Waals surface area (Å²) in [6.45, 7) is 0.752. The molecule has 0 radical (unpaired) electrons. The van der Waals surface area contributed by atoms with Gasteiger partial charge < -0.3 is 21.8 Å². The van der Waals surface area contributed by atoms with E-state index in [0.29, 0.717) is 16.9 Å². The molecule has 0 bridgehead atoms. The summed E-state index contributed by atoms with van der Waals surface area (Å²) in [4.78, 5) is 11.9. The van der Waals surface area contributed by atoms with Gasteiger partial charge in [-0.1, -0.05) is 42.5 Å². The van der Waals surface area contributed by atoms with E-state index in [9.17, 15) is 4.79 Å². The minimum atomic E-state index is -0.296. The normalized spacial score (nSPS) is 11.3. The average molecular weight is 334 g/mol. The van der Waals surface area contributed by atoms with E-state index in [2.05, 4.69) is 22.8 Å². The van der Waals surface area contributed by atoms with Gasteiger partial charge in [0.15, 0.2) is 0 Å². The van der Waals surface area contributed by atoms with Crippen LogP contribution in [0.25, 0.3) is 0 Å². The van der Waals surface area contributed by atoms with Crippen LogP contribution in [0.15, 0.2) is 78.5 Å². The number of allylic oxidation sites excluding steroid dienone is 2. The molecule has 0 saturated carbocycles. The lowest BCUT2D eigenvalue weighted by molar-refractivity contribution is -0.111.